The zero-order chi connectivity index (χ0) is 12.0. The molecule has 0 saturated carbocycles. The first-order valence-corrected chi connectivity index (χ1v) is 4.41. The molecule has 0 atom stereocenters. The summed E-state index contributed by atoms with van der Waals surface area (Å²) in [5.41, 5.74) is 5.03. The summed E-state index contributed by atoms with van der Waals surface area (Å²) in [4.78, 5) is 32.5. The number of carbonyl (C=O) groups excluding carboxylic acids is 3. The van der Waals surface area contributed by atoms with Crippen molar-refractivity contribution in [3.8, 4) is 0 Å². The van der Waals surface area contributed by atoms with Gasteiger partial charge in [0.15, 0.2) is 6.61 Å². The Morgan fingerprint density at radius 2 is 1.81 bits per heavy atom. The molecular weight excluding hydrogens is 212 g/mol. The van der Waals surface area contributed by atoms with Gasteiger partial charge >= 0.3 is 12.0 Å². The van der Waals surface area contributed by atoms with Gasteiger partial charge in [-0.15, -0.1) is 0 Å². The molecule has 1 rings (SSSR count). The van der Waals surface area contributed by atoms with Crippen molar-refractivity contribution < 1.29 is 19.1 Å². The number of primary amides is 1. The van der Waals surface area contributed by atoms with Crippen LogP contribution in [0.25, 0.3) is 0 Å². The number of rotatable bonds is 3. The van der Waals surface area contributed by atoms with Crippen molar-refractivity contribution in [3.63, 3.8) is 0 Å². The van der Waals surface area contributed by atoms with E-state index in [4.69, 9.17) is 5.73 Å². The lowest BCUT2D eigenvalue weighted by molar-refractivity contribution is -0.123. The van der Waals surface area contributed by atoms with Gasteiger partial charge in [-0.25, -0.2) is 9.59 Å². The number of ether oxygens (including phenoxy) is 1. The van der Waals surface area contributed by atoms with Crippen molar-refractivity contribution in [3.05, 3.63) is 35.9 Å². The fourth-order valence-corrected chi connectivity index (χ4v) is 0.962. The zero-order valence-electron chi connectivity index (χ0n) is 8.30. The minimum absolute atomic E-state index is 0.328. The summed E-state index contributed by atoms with van der Waals surface area (Å²) in [6, 6.07) is 7.19. The minimum Gasteiger partial charge on any atom is -0.452 e. The van der Waals surface area contributed by atoms with Crippen LogP contribution in [0.3, 0.4) is 0 Å². The van der Waals surface area contributed by atoms with E-state index in [1.807, 2.05) is 0 Å². The molecule has 16 heavy (non-hydrogen) atoms. The van der Waals surface area contributed by atoms with Crippen LogP contribution in [0.2, 0.25) is 0 Å². The summed E-state index contributed by atoms with van der Waals surface area (Å²) in [5, 5.41) is 1.77. The van der Waals surface area contributed by atoms with Crippen LogP contribution in [-0.4, -0.2) is 24.5 Å². The van der Waals surface area contributed by atoms with Gasteiger partial charge in [-0.05, 0) is 12.1 Å². The number of nitrogens with one attached hydrogen (secondary N) is 1. The van der Waals surface area contributed by atoms with E-state index in [2.05, 4.69) is 4.74 Å². The van der Waals surface area contributed by atoms with Crippen LogP contribution in [0, 0.1) is 0 Å². The summed E-state index contributed by atoms with van der Waals surface area (Å²) in [6.07, 6.45) is 0. The molecule has 0 aliphatic carbocycles. The van der Waals surface area contributed by atoms with Gasteiger partial charge in [0.05, 0.1) is 5.56 Å². The zero-order valence-corrected chi connectivity index (χ0v) is 8.30. The van der Waals surface area contributed by atoms with Crippen LogP contribution in [-0.2, 0) is 9.53 Å². The lowest BCUT2D eigenvalue weighted by Crippen LogP contribution is -2.37. The molecule has 3 N–H and O–H groups in total. The molecule has 6 nitrogen and oxygen atoms in total. The van der Waals surface area contributed by atoms with E-state index < -0.39 is 24.5 Å². The molecule has 3 amide bonds. The molecule has 0 aromatic heterocycles. The quantitative estimate of drug-likeness (QED) is 0.705. The molecule has 0 heterocycles. The predicted octanol–water partition coefficient (Wildman–Crippen LogP) is 0.0383. The molecule has 0 radical (unpaired) electrons. The smallest absolute Gasteiger partial charge is 0.338 e. The first-order valence-electron chi connectivity index (χ1n) is 4.41. The average molecular weight is 222 g/mol. The van der Waals surface area contributed by atoms with Gasteiger partial charge in [0.2, 0.25) is 0 Å². The maximum atomic E-state index is 11.3. The van der Waals surface area contributed by atoms with Gasteiger partial charge in [0.25, 0.3) is 5.91 Å². The van der Waals surface area contributed by atoms with Crippen molar-refractivity contribution in [2.45, 2.75) is 0 Å². The van der Waals surface area contributed by atoms with E-state index in [1.165, 1.54) is 0 Å². The summed E-state index contributed by atoms with van der Waals surface area (Å²) < 4.78 is 4.63. The molecule has 0 saturated heterocycles. The standard InChI is InChI=1S/C10H10N2O4/c11-10(15)12-8(13)6-16-9(14)7-4-2-1-3-5-7/h1-5H,6H2,(H3,11,12,13,15). The summed E-state index contributed by atoms with van der Waals surface area (Å²) in [5.74, 6) is -1.41. The second kappa shape index (κ2) is 5.50. The summed E-state index contributed by atoms with van der Waals surface area (Å²) >= 11 is 0. The van der Waals surface area contributed by atoms with Gasteiger partial charge in [0, 0.05) is 0 Å². The van der Waals surface area contributed by atoms with E-state index in [0.717, 1.165) is 0 Å². The van der Waals surface area contributed by atoms with Gasteiger partial charge in [-0.1, -0.05) is 18.2 Å². The topological polar surface area (TPSA) is 98.5 Å². The maximum Gasteiger partial charge on any atom is 0.338 e. The number of urea groups is 1. The number of benzene rings is 1. The minimum atomic E-state index is -0.985. The molecule has 0 aliphatic heterocycles. The number of hydrogen-bond acceptors (Lipinski definition) is 4. The van der Waals surface area contributed by atoms with E-state index in [1.54, 1.807) is 35.6 Å². The Morgan fingerprint density at radius 1 is 1.19 bits per heavy atom. The van der Waals surface area contributed by atoms with Gasteiger partial charge in [-0.2, -0.15) is 0 Å². The first kappa shape index (κ1) is 11.7. The van der Waals surface area contributed by atoms with Crippen LogP contribution in [0.5, 0.6) is 0 Å². The lowest BCUT2D eigenvalue weighted by Gasteiger charge is -2.03. The fourth-order valence-electron chi connectivity index (χ4n) is 0.962. The summed E-state index contributed by atoms with van der Waals surface area (Å²) in [6.45, 7) is -0.545. The van der Waals surface area contributed by atoms with E-state index in [0.29, 0.717) is 5.56 Å². The van der Waals surface area contributed by atoms with Crippen LogP contribution in [0.15, 0.2) is 30.3 Å². The molecule has 1 aromatic carbocycles. The number of carbonyl (C=O) groups is 3. The molecule has 6 heteroatoms. The van der Waals surface area contributed by atoms with Crippen molar-refractivity contribution in [2.75, 3.05) is 6.61 Å². The van der Waals surface area contributed by atoms with Crippen LogP contribution in [0.4, 0.5) is 4.79 Å². The average Bonchev–Trinajstić information content (AvgIpc) is 2.26. The van der Waals surface area contributed by atoms with Gasteiger partial charge in [-0.3, -0.25) is 10.1 Å². The third-order valence-corrected chi connectivity index (χ3v) is 1.61. The monoisotopic (exact) mass is 222 g/mol. The third-order valence-electron chi connectivity index (χ3n) is 1.61. The number of imide groups is 1. The Balaban J connectivity index is 2.42. The van der Waals surface area contributed by atoms with Gasteiger partial charge in [0.1, 0.15) is 0 Å². The predicted molar refractivity (Wildman–Crippen MR) is 54.5 cm³/mol. The van der Waals surface area contributed by atoms with Crippen molar-refractivity contribution in [1.82, 2.24) is 5.32 Å². The first-order chi connectivity index (χ1) is 7.59. The van der Waals surface area contributed by atoms with Crippen molar-refractivity contribution in [1.29, 1.82) is 0 Å². The van der Waals surface area contributed by atoms with Gasteiger partial charge < -0.3 is 10.5 Å². The Bertz CT molecular complexity index is 403. The number of amides is 3. The highest BCUT2D eigenvalue weighted by molar-refractivity contribution is 5.96. The molecule has 0 unspecified atom stereocenters. The summed E-state index contributed by atoms with van der Waals surface area (Å²) in [7, 11) is 0. The van der Waals surface area contributed by atoms with Crippen molar-refractivity contribution >= 4 is 17.9 Å². The molecule has 1 aromatic rings. The Morgan fingerprint density at radius 3 is 2.38 bits per heavy atom. The number of esters is 1. The second-order valence-corrected chi connectivity index (χ2v) is 2.85. The number of nitrogens with two attached hydrogens (primary N) is 1. The highest BCUT2D eigenvalue weighted by Crippen LogP contribution is 2.00. The van der Waals surface area contributed by atoms with E-state index >= 15 is 0 Å². The fraction of sp³-hybridized carbons (Fsp3) is 0.100. The number of hydrogen-bond donors (Lipinski definition) is 2. The Labute approximate surface area is 91.4 Å². The van der Waals surface area contributed by atoms with Crippen LogP contribution < -0.4 is 11.1 Å². The maximum absolute atomic E-state index is 11.3. The Kier molecular flexibility index (Phi) is 4.02. The second-order valence-electron chi connectivity index (χ2n) is 2.85. The third kappa shape index (κ3) is 3.79. The molecule has 0 spiro atoms. The van der Waals surface area contributed by atoms with E-state index in [9.17, 15) is 14.4 Å². The molecule has 0 aliphatic rings. The van der Waals surface area contributed by atoms with Crippen molar-refractivity contribution in [2.24, 2.45) is 5.73 Å². The van der Waals surface area contributed by atoms with Crippen LogP contribution >= 0.6 is 0 Å². The normalized spacial score (nSPS) is 9.25. The molecule has 0 fully saturated rings. The highest BCUT2D eigenvalue weighted by atomic mass is 16.5. The highest BCUT2D eigenvalue weighted by Gasteiger charge is 2.10. The Hall–Kier alpha value is -2.37. The largest absolute Gasteiger partial charge is 0.452 e. The lowest BCUT2D eigenvalue weighted by atomic mass is 10.2. The molecule has 0 bridgehead atoms. The van der Waals surface area contributed by atoms with E-state index in [-0.39, 0.29) is 0 Å². The molecular formula is C10H10N2O4. The molecule has 84 valence electrons. The SMILES string of the molecule is NC(=O)NC(=O)COC(=O)c1ccccc1. The van der Waals surface area contributed by atoms with Crippen LogP contribution in [0.1, 0.15) is 10.4 Å².